The molecule has 112 valence electrons. The molecule has 1 amide bonds. The van der Waals surface area contributed by atoms with E-state index in [4.69, 9.17) is 5.11 Å². The minimum atomic E-state index is -1.00. The van der Waals surface area contributed by atoms with Crippen LogP contribution in [0.15, 0.2) is 24.3 Å². The quantitative estimate of drug-likeness (QED) is 0.891. The third-order valence-electron chi connectivity index (χ3n) is 3.67. The Bertz CT molecular complexity index is 697. The van der Waals surface area contributed by atoms with E-state index < -0.39 is 11.4 Å². The van der Waals surface area contributed by atoms with Gasteiger partial charge in [-0.1, -0.05) is 13.0 Å². The van der Waals surface area contributed by atoms with Crippen LogP contribution >= 0.6 is 11.3 Å². The summed E-state index contributed by atoms with van der Waals surface area (Å²) in [7, 11) is 0. The van der Waals surface area contributed by atoms with Crippen LogP contribution in [-0.4, -0.2) is 23.5 Å². The van der Waals surface area contributed by atoms with Crippen molar-refractivity contribution >= 4 is 33.3 Å². The first kappa shape index (κ1) is 15.4. The Morgan fingerprint density at radius 2 is 2.14 bits per heavy atom. The average Bonchev–Trinajstić information content (AvgIpc) is 2.89. The number of carbonyl (C=O) groups is 2. The molecule has 6 heteroatoms. The van der Waals surface area contributed by atoms with Crippen LogP contribution in [0, 0.1) is 11.2 Å². The van der Waals surface area contributed by atoms with Crippen molar-refractivity contribution in [2.24, 2.45) is 5.41 Å². The van der Waals surface area contributed by atoms with Crippen LogP contribution < -0.4 is 5.32 Å². The van der Waals surface area contributed by atoms with Crippen molar-refractivity contribution in [1.29, 1.82) is 0 Å². The third-order valence-corrected chi connectivity index (χ3v) is 4.77. The van der Waals surface area contributed by atoms with Crippen LogP contribution in [0.2, 0.25) is 0 Å². The molecular weight excluding hydrogens is 293 g/mol. The molecule has 0 saturated carbocycles. The van der Waals surface area contributed by atoms with Crippen molar-refractivity contribution < 1.29 is 19.1 Å². The van der Waals surface area contributed by atoms with Gasteiger partial charge in [0.1, 0.15) is 5.82 Å². The number of halogens is 1. The number of hydrogen-bond acceptors (Lipinski definition) is 3. The second-order valence-corrected chi connectivity index (χ2v) is 6.25. The maximum atomic E-state index is 13.6. The second-order valence-electron chi connectivity index (χ2n) is 5.16. The van der Waals surface area contributed by atoms with Gasteiger partial charge in [-0.2, -0.15) is 0 Å². The lowest BCUT2D eigenvalue weighted by molar-refractivity contribution is -0.147. The molecule has 0 radical (unpaired) electrons. The number of amides is 1. The minimum absolute atomic E-state index is 0.0361. The Labute approximate surface area is 125 Å². The summed E-state index contributed by atoms with van der Waals surface area (Å²) in [5.41, 5.74) is -1.00. The first-order valence-electron chi connectivity index (χ1n) is 6.57. The van der Waals surface area contributed by atoms with Gasteiger partial charge in [-0.05, 0) is 31.5 Å². The number of nitrogens with one attached hydrogen (secondary N) is 1. The van der Waals surface area contributed by atoms with Gasteiger partial charge in [-0.3, -0.25) is 9.59 Å². The second kappa shape index (κ2) is 5.81. The van der Waals surface area contributed by atoms with Crippen LogP contribution in [0.4, 0.5) is 4.39 Å². The molecule has 4 nitrogen and oxygen atoms in total. The van der Waals surface area contributed by atoms with E-state index in [0.717, 1.165) is 0 Å². The van der Waals surface area contributed by atoms with Crippen LogP contribution in [0.1, 0.15) is 29.9 Å². The van der Waals surface area contributed by atoms with E-state index in [1.807, 2.05) is 0 Å². The van der Waals surface area contributed by atoms with Crippen molar-refractivity contribution in [3.8, 4) is 0 Å². The largest absolute Gasteiger partial charge is 0.481 e. The monoisotopic (exact) mass is 309 g/mol. The van der Waals surface area contributed by atoms with Crippen molar-refractivity contribution in [1.82, 2.24) is 5.32 Å². The zero-order chi connectivity index (χ0) is 15.6. The number of carboxylic acids is 1. The Kier molecular flexibility index (Phi) is 4.27. The fourth-order valence-electron chi connectivity index (χ4n) is 1.85. The molecule has 0 fully saturated rings. The van der Waals surface area contributed by atoms with Crippen molar-refractivity contribution in [2.45, 2.75) is 20.3 Å². The van der Waals surface area contributed by atoms with Gasteiger partial charge in [0.25, 0.3) is 5.91 Å². The molecule has 0 saturated heterocycles. The van der Waals surface area contributed by atoms with Crippen molar-refractivity contribution in [2.75, 3.05) is 6.54 Å². The summed E-state index contributed by atoms with van der Waals surface area (Å²) in [6.45, 7) is 3.38. The molecule has 21 heavy (non-hydrogen) atoms. The molecule has 2 N–H and O–H groups in total. The molecular formula is C15H16FNO3S. The number of carboxylic acid groups (broad SMARTS) is 1. The molecule has 1 heterocycles. The van der Waals surface area contributed by atoms with E-state index >= 15 is 0 Å². The highest BCUT2D eigenvalue weighted by atomic mass is 32.1. The number of hydrogen-bond donors (Lipinski definition) is 2. The first-order valence-corrected chi connectivity index (χ1v) is 7.38. The van der Waals surface area contributed by atoms with E-state index in [2.05, 4.69) is 5.32 Å². The molecule has 0 aliphatic heterocycles. The predicted molar refractivity (Wildman–Crippen MR) is 80.2 cm³/mol. The lowest BCUT2D eigenvalue weighted by atomic mass is 9.88. The molecule has 1 atom stereocenters. The van der Waals surface area contributed by atoms with Gasteiger partial charge < -0.3 is 10.4 Å². The maximum absolute atomic E-state index is 13.6. The highest BCUT2D eigenvalue weighted by Crippen LogP contribution is 2.28. The summed E-state index contributed by atoms with van der Waals surface area (Å²) in [6, 6.07) is 6.17. The lowest BCUT2D eigenvalue weighted by Gasteiger charge is -2.22. The molecule has 0 aliphatic rings. The fraction of sp³-hybridized carbons (Fsp3) is 0.333. The van der Waals surface area contributed by atoms with Gasteiger partial charge in [-0.15, -0.1) is 11.3 Å². The highest BCUT2D eigenvalue weighted by Gasteiger charge is 2.31. The van der Waals surface area contributed by atoms with Crippen LogP contribution in [0.5, 0.6) is 0 Å². The Morgan fingerprint density at radius 1 is 1.43 bits per heavy atom. The summed E-state index contributed by atoms with van der Waals surface area (Å²) in [5.74, 6) is -1.70. The van der Waals surface area contributed by atoms with Crippen LogP contribution in [0.3, 0.4) is 0 Å². The SMILES string of the molecule is CCC(C)(CNC(=O)c1cc2c(F)cccc2s1)C(=O)O. The molecule has 2 rings (SSSR count). The Balaban J connectivity index is 2.16. The van der Waals surface area contributed by atoms with E-state index in [0.29, 0.717) is 21.4 Å². The van der Waals surface area contributed by atoms with E-state index in [1.165, 1.54) is 23.5 Å². The van der Waals surface area contributed by atoms with Crippen LogP contribution in [-0.2, 0) is 4.79 Å². The summed E-state index contributed by atoms with van der Waals surface area (Å²) in [6.07, 6.45) is 0.406. The minimum Gasteiger partial charge on any atom is -0.481 e. The number of rotatable bonds is 5. The number of benzene rings is 1. The molecule has 2 aromatic rings. The van der Waals surface area contributed by atoms with E-state index in [-0.39, 0.29) is 18.3 Å². The normalized spacial score (nSPS) is 13.9. The molecule has 1 aromatic heterocycles. The predicted octanol–water partition coefficient (Wildman–Crippen LogP) is 3.27. The van der Waals surface area contributed by atoms with Gasteiger partial charge in [0.2, 0.25) is 0 Å². The topological polar surface area (TPSA) is 66.4 Å². The number of carbonyl (C=O) groups excluding carboxylic acids is 1. The van der Waals surface area contributed by atoms with Gasteiger partial charge in [0.15, 0.2) is 0 Å². The molecule has 1 unspecified atom stereocenters. The van der Waals surface area contributed by atoms with E-state index in [9.17, 15) is 14.0 Å². The summed E-state index contributed by atoms with van der Waals surface area (Å²) in [4.78, 5) is 23.7. The standard InChI is InChI=1S/C15H16FNO3S/c1-3-15(2,14(19)20)8-17-13(18)12-7-9-10(16)5-4-6-11(9)21-12/h4-7H,3,8H2,1-2H3,(H,17,18)(H,19,20). The average molecular weight is 309 g/mol. The van der Waals surface area contributed by atoms with Gasteiger partial charge in [-0.25, -0.2) is 4.39 Å². The Morgan fingerprint density at radius 3 is 2.71 bits per heavy atom. The number of fused-ring (bicyclic) bond motifs is 1. The highest BCUT2D eigenvalue weighted by molar-refractivity contribution is 7.20. The lowest BCUT2D eigenvalue weighted by Crippen LogP contribution is -2.40. The summed E-state index contributed by atoms with van der Waals surface area (Å²) in [5, 5.41) is 12.2. The number of thiophene rings is 1. The molecule has 1 aromatic carbocycles. The van der Waals surface area contributed by atoms with Gasteiger partial charge in [0.05, 0.1) is 10.3 Å². The fourth-order valence-corrected chi connectivity index (χ4v) is 2.84. The zero-order valence-electron chi connectivity index (χ0n) is 11.8. The Hall–Kier alpha value is -1.95. The third kappa shape index (κ3) is 3.05. The zero-order valence-corrected chi connectivity index (χ0v) is 12.6. The first-order chi connectivity index (χ1) is 9.87. The molecule has 0 bridgehead atoms. The smallest absolute Gasteiger partial charge is 0.311 e. The number of aliphatic carboxylic acids is 1. The van der Waals surface area contributed by atoms with Gasteiger partial charge >= 0.3 is 5.97 Å². The molecule has 0 aliphatic carbocycles. The van der Waals surface area contributed by atoms with Crippen molar-refractivity contribution in [3.63, 3.8) is 0 Å². The summed E-state index contributed by atoms with van der Waals surface area (Å²) < 4.78 is 14.3. The van der Waals surface area contributed by atoms with Crippen molar-refractivity contribution in [3.05, 3.63) is 35.0 Å². The summed E-state index contributed by atoms with van der Waals surface area (Å²) >= 11 is 1.19. The van der Waals surface area contributed by atoms with E-state index in [1.54, 1.807) is 26.0 Å². The maximum Gasteiger partial charge on any atom is 0.311 e. The molecule has 0 spiro atoms. The van der Waals surface area contributed by atoms with Crippen LogP contribution in [0.25, 0.3) is 10.1 Å². The van der Waals surface area contributed by atoms with Gasteiger partial charge in [0, 0.05) is 16.6 Å².